The molecule has 0 bridgehead atoms. The van der Waals surface area contributed by atoms with Gasteiger partial charge in [-0.3, -0.25) is 14.6 Å². The summed E-state index contributed by atoms with van der Waals surface area (Å²) in [5.41, 5.74) is 0.949. The zero-order valence-corrected chi connectivity index (χ0v) is 8.56. The van der Waals surface area contributed by atoms with Gasteiger partial charge in [0.05, 0.1) is 13.2 Å². The van der Waals surface area contributed by atoms with Gasteiger partial charge in [-0.05, 0) is 25.0 Å². The van der Waals surface area contributed by atoms with Crippen molar-refractivity contribution in [3.63, 3.8) is 0 Å². The molecule has 4 heteroatoms. The van der Waals surface area contributed by atoms with Crippen LogP contribution in [0.15, 0.2) is 24.4 Å². The monoisotopic (exact) mass is 206 g/mol. The summed E-state index contributed by atoms with van der Waals surface area (Å²) in [4.78, 5) is 20.9. The predicted molar refractivity (Wildman–Crippen MR) is 54.8 cm³/mol. The van der Waals surface area contributed by atoms with Crippen LogP contribution in [0, 0.1) is 0 Å². The number of hydrogen-bond donors (Lipinski definition) is 0. The van der Waals surface area contributed by atoms with Crippen molar-refractivity contribution < 1.29 is 9.63 Å². The van der Waals surface area contributed by atoms with Crippen LogP contribution in [0.2, 0.25) is 0 Å². The lowest BCUT2D eigenvalue weighted by molar-refractivity contribution is -0.168. The van der Waals surface area contributed by atoms with Crippen molar-refractivity contribution in [3.8, 4) is 0 Å². The number of carbonyl (C=O) groups is 1. The number of amides is 1. The summed E-state index contributed by atoms with van der Waals surface area (Å²) in [6.07, 6.45) is 3.83. The number of hydrogen-bond acceptors (Lipinski definition) is 3. The fraction of sp³-hybridized carbons (Fsp3) is 0.455. The molecule has 0 saturated carbocycles. The van der Waals surface area contributed by atoms with E-state index in [1.54, 1.807) is 6.20 Å². The molecule has 80 valence electrons. The van der Waals surface area contributed by atoms with Gasteiger partial charge >= 0.3 is 0 Å². The van der Waals surface area contributed by atoms with E-state index < -0.39 is 0 Å². The third-order valence-electron chi connectivity index (χ3n) is 2.35. The minimum absolute atomic E-state index is 0.0538. The fourth-order valence-electron chi connectivity index (χ4n) is 1.55. The first-order valence-corrected chi connectivity index (χ1v) is 5.19. The summed E-state index contributed by atoms with van der Waals surface area (Å²) in [6, 6.07) is 5.73. The van der Waals surface area contributed by atoms with Crippen molar-refractivity contribution in [2.75, 3.05) is 13.2 Å². The Morgan fingerprint density at radius 3 is 3.13 bits per heavy atom. The number of hydroxylamine groups is 2. The second kappa shape index (κ2) is 4.89. The van der Waals surface area contributed by atoms with Crippen LogP contribution in [0.1, 0.15) is 18.5 Å². The largest absolute Gasteiger partial charge is 0.273 e. The molecule has 1 saturated heterocycles. The van der Waals surface area contributed by atoms with Crippen molar-refractivity contribution in [2.45, 2.75) is 19.3 Å². The molecule has 2 heterocycles. The molecule has 1 fully saturated rings. The molecule has 1 aliphatic rings. The second-order valence-corrected chi connectivity index (χ2v) is 3.50. The minimum atomic E-state index is 0.0538. The van der Waals surface area contributed by atoms with Gasteiger partial charge in [-0.15, -0.1) is 0 Å². The van der Waals surface area contributed by atoms with Crippen molar-refractivity contribution in [2.24, 2.45) is 0 Å². The Kier molecular flexibility index (Phi) is 3.29. The van der Waals surface area contributed by atoms with E-state index in [1.807, 2.05) is 18.2 Å². The minimum Gasteiger partial charge on any atom is -0.273 e. The molecule has 0 aliphatic carbocycles. The molecule has 15 heavy (non-hydrogen) atoms. The summed E-state index contributed by atoms with van der Waals surface area (Å²) in [7, 11) is 0. The molecule has 0 atom stereocenters. The molecule has 1 aromatic heterocycles. The Morgan fingerprint density at radius 2 is 2.47 bits per heavy atom. The van der Waals surface area contributed by atoms with Crippen LogP contribution in [-0.2, 0) is 16.1 Å². The number of rotatable bonds is 3. The maximum atomic E-state index is 11.6. The molecule has 4 nitrogen and oxygen atoms in total. The molecule has 0 N–H and O–H groups in total. The highest BCUT2D eigenvalue weighted by Gasteiger charge is 2.18. The van der Waals surface area contributed by atoms with Crippen molar-refractivity contribution in [1.82, 2.24) is 10.0 Å². The molecule has 0 unspecified atom stereocenters. The predicted octanol–water partition coefficient (Wildman–Crippen LogP) is 1.18. The number of aryl methyl sites for hydroxylation is 1. The highest BCUT2D eigenvalue weighted by Crippen LogP contribution is 2.08. The SMILES string of the molecule is O=C(CCc1ccccn1)N1CCCO1. The highest BCUT2D eigenvalue weighted by atomic mass is 16.7. The maximum Gasteiger partial charge on any atom is 0.246 e. The first-order chi connectivity index (χ1) is 7.36. The molecular weight excluding hydrogens is 192 g/mol. The Balaban J connectivity index is 1.80. The number of pyridine rings is 1. The first kappa shape index (κ1) is 10.1. The Bertz CT molecular complexity index is 321. The van der Waals surface area contributed by atoms with Gasteiger partial charge in [0.25, 0.3) is 0 Å². The number of nitrogens with zero attached hydrogens (tertiary/aromatic N) is 2. The zero-order chi connectivity index (χ0) is 10.5. The quantitative estimate of drug-likeness (QED) is 0.745. The zero-order valence-electron chi connectivity index (χ0n) is 8.56. The molecule has 0 radical (unpaired) electrons. The van der Waals surface area contributed by atoms with E-state index >= 15 is 0 Å². The Morgan fingerprint density at radius 1 is 1.53 bits per heavy atom. The average Bonchev–Trinajstić information content (AvgIpc) is 2.81. The summed E-state index contributed by atoms with van der Waals surface area (Å²) in [5.74, 6) is 0.0538. The third kappa shape index (κ3) is 2.76. The second-order valence-electron chi connectivity index (χ2n) is 3.50. The maximum absolute atomic E-state index is 11.6. The van der Waals surface area contributed by atoms with Crippen molar-refractivity contribution in [1.29, 1.82) is 0 Å². The fourth-order valence-corrected chi connectivity index (χ4v) is 1.55. The molecule has 0 aromatic carbocycles. The van der Waals surface area contributed by atoms with Gasteiger partial charge in [0.15, 0.2) is 0 Å². The van der Waals surface area contributed by atoms with Gasteiger partial charge in [-0.25, -0.2) is 5.06 Å². The van der Waals surface area contributed by atoms with E-state index in [2.05, 4.69) is 4.98 Å². The molecular formula is C11H14N2O2. The Hall–Kier alpha value is -1.42. The van der Waals surface area contributed by atoms with Gasteiger partial charge in [0.1, 0.15) is 0 Å². The van der Waals surface area contributed by atoms with Gasteiger partial charge in [-0.1, -0.05) is 6.07 Å². The van der Waals surface area contributed by atoms with E-state index in [4.69, 9.17) is 4.84 Å². The van der Waals surface area contributed by atoms with E-state index in [0.29, 0.717) is 19.4 Å². The lowest BCUT2D eigenvalue weighted by Crippen LogP contribution is -2.26. The number of carbonyl (C=O) groups excluding carboxylic acids is 1. The lowest BCUT2D eigenvalue weighted by atomic mass is 10.2. The number of aromatic nitrogens is 1. The van der Waals surface area contributed by atoms with Crippen molar-refractivity contribution in [3.05, 3.63) is 30.1 Å². The van der Waals surface area contributed by atoms with Gasteiger partial charge in [0.2, 0.25) is 5.91 Å². The molecule has 1 aliphatic heterocycles. The van der Waals surface area contributed by atoms with E-state index in [-0.39, 0.29) is 5.91 Å². The summed E-state index contributed by atoms with van der Waals surface area (Å²) in [6.45, 7) is 1.39. The van der Waals surface area contributed by atoms with Crippen LogP contribution >= 0.6 is 0 Å². The van der Waals surface area contributed by atoms with Crippen LogP contribution in [0.3, 0.4) is 0 Å². The van der Waals surface area contributed by atoms with Gasteiger partial charge in [-0.2, -0.15) is 0 Å². The smallest absolute Gasteiger partial charge is 0.246 e. The highest BCUT2D eigenvalue weighted by molar-refractivity contribution is 5.75. The third-order valence-corrected chi connectivity index (χ3v) is 2.35. The topological polar surface area (TPSA) is 42.4 Å². The van der Waals surface area contributed by atoms with Crippen LogP contribution in [-0.4, -0.2) is 29.1 Å². The summed E-state index contributed by atoms with van der Waals surface area (Å²) in [5, 5.41) is 1.46. The first-order valence-electron chi connectivity index (χ1n) is 5.19. The van der Waals surface area contributed by atoms with Crippen LogP contribution in [0.4, 0.5) is 0 Å². The molecule has 1 amide bonds. The standard InChI is InChI=1S/C11H14N2O2/c14-11(13-8-3-9-15-13)6-5-10-4-1-2-7-12-10/h1-2,4,7H,3,5-6,8-9H2. The van der Waals surface area contributed by atoms with E-state index in [0.717, 1.165) is 18.7 Å². The lowest BCUT2D eigenvalue weighted by Gasteiger charge is -2.13. The van der Waals surface area contributed by atoms with E-state index in [1.165, 1.54) is 5.06 Å². The Labute approximate surface area is 88.8 Å². The van der Waals surface area contributed by atoms with Crippen LogP contribution in [0.25, 0.3) is 0 Å². The summed E-state index contributed by atoms with van der Waals surface area (Å²) < 4.78 is 0. The van der Waals surface area contributed by atoms with Crippen LogP contribution < -0.4 is 0 Å². The average molecular weight is 206 g/mol. The van der Waals surface area contributed by atoms with Crippen molar-refractivity contribution >= 4 is 5.91 Å². The summed E-state index contributed by atoms with van der Waals surface area (Å²) >= 11 is 0. The molecule has 0 spiro atoms. The molecule has 2 rings (SSSR count). The van der Waals surface area contributed by atoms with Crippen LogP contribution in [0.5, 0.6) is 0 Å². The van der Waals surface area contributed by atoms with Gasteiger partial charge in [0, 0.05) is 18.3 Å². The van der Waals surface area contributed by atoms with Gasteiger partial charge < -0.3 is 0 Å². The normalized spacial score (nSPS) is 15.6. The van der Waals surface area contributed by atoms with E-state index in [9.17, 15) is 4.79 Å². The molecule has 1 aromatic rings.